The van der Waals surface area contributed by atoms with E-state index in [1.165, 1.54) is 16.9 Å². The molecule has 5 rings (SSSR count). The molecular formula is C25H22F2N4O4. The summed E-state index contributed by atoms with van der Waals surface area (Å²) >= 11 is 0. The third kappa shape index (κ3) is 3.61. The number of hydrogen-bond donors (Lipinski definition) is 2. The van der Waals surface area contributed by atoms with Crippen LogP contribution in [0.1, 0.15) is 50.6 Å². The summed E-state index contributed by atoms with van der Waals surface area (Å²) in [4.78, 5) is 40.7. The number of benzene rings is 2. The van der Waals surface area contributed by atoms with Gasteiger partial charge in [0.25, 0.3) is 11.8 Å². The molecule has 0 saturated carbocycles. The molecule has 2 aliphatic heterocycles. The quantitative estimate of drug-likeness (QED) is 0.598. The Labute approximate surface area is 199 Å². The van der Waals surface area contributed by atoms with E-state index in [0.717, 1.165) is 17.2 Å². The van der Waals surface area contributed by atoms with Gasteiger partial charge in [-0.15, -0.1) is 0 Å². The van der Waals surface area contributed by atoms with Crippen molar-refractivity contribution in [2.75, 3.05) is 18.1 Å². The number of aromatic hydroxyl groups is 1. The average Bonchev–Trinajstić information content (AvgIpc) is 2.85. The van der Waals surface area contributed by atoms with Gasteiger partial charge in [-0.1, -0.05) is 30.3 Å². The number of amides is 2. The number of carbonyl (C=O) groups excluding carboxylic acids is 2. The molecule has 0 unspecified atom stereocenters. The Balaban J connectivity index is 1.55. The van der Waals surface area contributed by atoms with Crippen molar-refractivity contribution in [3.63, 3.8) is 0 Å². The SMILES string of the molecule is CCN1C(=O)c2c(O)c(=O)c(C(=O)NCc3ccc(F)cc3F)cn2N2CCc3ccccc3[C@@H]12. The van der Waals surface area contributed by atoms with E-state index in [0.29, 0.717) is 25.6 Å². The Morgan fingerprint density at radius 2 is 1.94 bits per heavy atom. The molecule has 3 heterocycles. The van der Waals surface area contributed by atoms with E-state index in [2.05, 4.69) is 5.32 Å². The maximum atomic E-state index is 13.9. The van der Waals surface area contributed by atoms with Gasteiger partial charge in [-0.2, -0.15) is 0 Å². The van der Waals surface area contributed by atoms with Gasteiger partial charge < -0.3 is 15.3 Å². The lowest BCUT2D eigenvalue weighted by Gasteiger charge is -2.49. The van der Waals surface area contributed by atoms with Crippen LogP contribution >= 0.6 is 0 Å². The Hall–Kier alpha value is -4.21. The van der Waals surface area contributed by atoms with Gasteiger partial charge in [-0.05, 0) is 30.5 Å². The van der Waals surface area contributed by atoms with Gasteiger partial charge >= 0.3 is 0 Å². The van der Waals surface area contributed by atoms with Gasteiger partial charge in [0.1, 0.15) is 23.4 Å². The zero-order chi connectivity index (χ0) is 24.9. The molecule has 1 aromatic heterocycles. The Bertz CT molecular complexity index is 1420. The van der Waals surface area contributed by atoms with Crippen molar-refractivity contribution in [2.45, 2.75) is 26.1 Å². The summed E-state index contributed by atoms with van der Waals surface area (Å²) in [6.45, 7) is 2.33. The molecule has 0 spiro atoms. The van der Waals surface area contributed by atoms with E-state index < -0.39 is 46.4 Å². The van der Waals surface area contributed by atoms with Crippen molar-refractivity contribution in [2.24, 2.45) is 0 Å². The smallest absolute Gasteiger partial charge is 0.278 e. The van der Waals surface area contributed by atoms with E-state index in [1.807, 2.05) is 36.2 Å². The Kier molecular flexibility index (Phi) is 5.50. The fourth-order valence-corrected chi connectivity index (χ4v) is 4.74. The number of aromatic nitrogens is 1. The maximum Gasteiger partial charge on any atom is 0.278 e. The van der Waals surface area contributed by atoms with E-state index >= 15 is 0 Å². The van der Waals surface area contributed by atoms with Crippen LogP contribution in [0.15, 0.2) is 53.5 Å². The van der Waals surface area contributed by atoms with Crippen LogP contribution < -0.4 is 15.8 Å². The highest BCUT2D eigenvalue weighted by Gasteiger charge is 2.42. The molecule has 0 fully saturated rings. The van der Waals surface area contributed by atoms with Crippen LogP contribution in [0.5, 0.6) is 5.75 Å². The summed E-state index contributed by atoms with van der Waals surface area (Å²) in [7, 11) is 0. The molecular weight excluding hydrogens is 458 g/mol. The summed E-state index contributed by atoms with van der Waals surface area (Å²) in [6.07, 6.45) is 1.42. The van der Waals surface area contributed by atoms with Crippen molar-refractivity contribution in [3.8, 4) is 5.75 Å². The number of hydrogen-bond acceptors (Lipinski definition) is 5. The van der Waals surface area contributed by atoms with Gasteiger partial charge in [0, 0.05) is 37.5 Å². The lowest BCUT2D eigenvalue weighted by Crippen LogP contribution is -2.58. The minimum absolute atomic E-state index is 0.0310. The standard InChI is InChI=1S/C25H22F2N4O4/c1-2-29-24-17-6-4-3-5-14(17)9-10-30(24)31-13-18(21(32)22(33)20(31)25(29)35)23(34)28-12-15-7-8-16(26)11-19(15)27/h3-8,11,13,24,33H,2,9-10,12H2,1H3,(H,28,34)/t24-/m0/s1. The average molecular weight is 480 g/mol. The second-order valence-corrected chi connectivity index (χ2v) is 8.41. The van der Waals surface area contributed by atoms with Crippen molar-refractivity contribution >= 4 is 11.8 Å². The highest BCUT2D eigenvalue weighted by Crippen LogP contribution is 2.37. The minimum Gasteiger partial charge on any atom is -0.502 e. The zero-order valence-electron chi connectivity index (χ0n) is 18.8. The van der Waals surface area contributed by atoms with Gasteiger partial charge in [-0.25, -0.2) is 8.78 Å². The van der Waals surface area contributed by atoms with Crippen LogP contribution in [0.25, 0.3) is 0 Å². The van der Waals surface area contributed by atoms with E-state index in [-0.39, 0.29) is 17.8 Å². The van der Waals surface area contributed by atoms with Crippen molar-refractivity contribution in [3.05, 3.63) is 98.5 Å². The summed E-state index contributed by atoms with van der Waals surface area (Å²) in [5.74, 6) is -3.80. The number of halogens is 2. The van der Waals surface area contributed by atoms with E-state index in [1.54, 1.807) is 4.90 Å². The number of pyridine rings is 1. The Morgan fingerprint density at radius 3 is 2.69 bits per heavy atom. The van der Waals surface area contributed by atoms with Gasteiger partial charge in [0.05, 0.1) is 0 Å². The van der Waals surface area contributed by atoms with Crippen LogP contribution in [0.2, 0.25) is 0 Å². The van der Waals surface area contributed by atoms with Crippen molar-refractivity contribution in [1.29, 1.82) is 0 Å². The first-order valence-corrected chi connectivity index (χ1v) is 11.2. The molecule has 2 N–H and O–H groups in total. The molecule has 2 aromatic carbocycles. The molecule has 180 valence electrons. The molecule has 0 radical (unpaired) electrons. The summed E-state index contributed by atoms with van der Waals surface area (Å²) in [5, 5.41) is 15.0. The molecule has 0 saturated heterocycles. The van der Waals surface area contributed by atoms with Crippen LogP contribution in [-0.4, -0.2) is 39.6 Å². The molecule has 2 aliphatic rings. The first-order chi connectivity index (χ1) is 16.8. The molecule has 3 aromatic rings. The summed E-state index contributed by atoms with van der Waals surface area (Å²) in [6, 6.07) is 10.7. The van der Waals surface area contributed by atoms with Gasteiger partial charge in [0.15, 0.2) is 11.4 Å². The first-order valence-electron chi connectivity index (χ1n) is 11.2. The third-order valence-electron chi connectivity index (χ3n) is 6.47. The predicted octanol–water partition coefficient (Wildman–Crippen LogP) is 2.43. The van der Waals surface area contributed by atoms with Gasteiger partial charge in [-0.3, -0.25) is 24.1 Å². The topological polar surface area (TPSA) is 94.9 Å². The second kappa shape index (κ2) is 8.53. The highest BCUT2D eigenvalue weighted by atomic mass is 19.1. The van der Waals surface area contributed by atoms with Crippen LogP contribution in [-0.2, 0) is 13.0 Å². The first kappa shape index (κ1) is 22.6. The second-order valence-electron chi connectivity index (χ2n) is 8.41. The van der Waals surface area contributed by atoms with Gasteiger partial charge in [0.2, 0.25) is 5.43 Å². The number of carbonyl (C=O) groups is 2. The predicted molar refractivity (Wildman–Crippen MR) is 123 cm³/mol. The molecule has 35 heavy (non-hydrogen) atoms. The molecule has 1 atom stereocenters. The van der Waals surface area contributed by atoms with Crippen molar-refractivity contribution < 1.29 is 23.5 Å². The van der Waals surface area contributed by atoms with E-state index in [9.17, 15) is 28.3 Å². The Morgan fingerprint density at radius 1 is 1.17 bits per heavy atom. The number of rotatable bonds is 4. The largest absolute Gasteiger partial charge is 0.502 e. The molecule has 8 nitrogen and oxygen atoms in total. The fraction of sp³-hybridized carbons (Fsp3) is 0.240. The van der Waals surface area contributed by atoms with Crippen LogP contribution in [0.4, 0.5) is 8.78 Å². The monoisotopic (exact) mass is 480 g/mol. The summed E-state index contributed by atoms with van der Waals surface area (Å²) in [5.41, 5.74) is 0.429. The molecule has 10 heteroatoms. The normalized spacial score (nSPS) is 16.4. The third-order valence-corrected chi connectivity index (χ3v) is 6.47. The number of nitrogens with one attached hydrogen (secondary N) is 1. The zero-order valence-corrected chi connectivity index (χ0v) is 18.8. The molecule has 0 aliphatic carbocycles. The van der Waals surface area contributed by atoms with Crippen LogP contribution in [0, 0.1) is 11.6 Å². The lowest BCUT2D eigenvalue weighted by molar-refractivity contribution is 0.0565. The molecule has 0 bridgehead atoms. The lowest BCUT2D eigenvalue weighted by atomic mass is 9.95. The fourth-order valence-electron chi connectivity index (χ4n) is 4.74. The number of nitrogens with zero attached hydrogens (tertiary/aromatic N) is 3. The number of fused-ring (bicyclic) bond motifs is 5. The maximum absolute atomic E-state index is 13.9. The highest BCUT2D eigenvalue weighted by molar-refractivity contribution is 5.99. The van der Waals surface area contributed by atoms with Crippen LogP contribution in [0.3, 0.4) is 0 Å². The summed E-state index contributed by atoms with van der Waals surface area (Å²) < 4.78 is 28.5. The molecule has 2 amide bonds. The van der Waals surface area contributed by atoms with E-state index in [4.69, 9.17) is 0 Å². The minimum atomic E-state index is -1.01. The van der Waals surface area contributed by atoms with Crippen molar-refractivity contribution in [1.82, 2.24) is 14.9 Å².